The molecule has 0 spiro atoms. The molecule has 3 atom stereocenters. The van der Waals surface area contributed by atoms with Crippen LogP contribution in [0.15, 0.2) is 35.3 Å². The smallest absolute Gasteiger partial charge is 0.252 e. The van der Waals surface area contributed by atoms with E-state index in [2.05, 4.69) is 54.8 Å². The predicted molar refractivity (Wildman–Crippen MR) is 137 cm³/mol. The van der Waals surface area contributed by atoms with Crippen LogP contribution in [0.3, 0.4) is 0 Å². The topological polar surface area (TPSA) is 79.3 Å². The number of rotatable bonds is 6. The number of aromatic nitrogens is 3. The number of fused-ring (bicyclic) bond motifs is 2. The highest BCUT2D eigenvalue weighted by Crippen LogP contribution is 2.36. The molecule has 0 amide bonds. The summed E-state index contributed by atoms with van der Waals surface area (Å²) < 4.78 is 8.96. The second-order valence-corrected chi connectivity index (χ2v) is 9.76. The number of pyridine rings is 1. The van der Waals surface area contributed by atoms with Gasteiger partial charge in [0, 0.05) is 50.7 Å². The summed E-state index contributed by atoms with van der Waals surface area (Å²) in [7, 11) is 1.76. The van der Waals surface area contributed by atoms with Crippen molar-refractivity contribution in [1.29, 1.82) is 5.26 Å². The number of anilines is 1. The van der Waals surface area contributed by atoms with Crippen molar-refractivity contribution >= 4 is 16.7 Å². The molecule has 0 bridgehead atoms. The van der Waals surface area contributed by atoms with E-state index in [1.807, 2.05) is 0 Å². The largest absolute Gasteiger partial charge is 0.493 e. The summed E-state index contributed by atoms with van der Waals surface area (Å²) in [6.07, 6.45) is 4.77. The van der Waals surface area contributed by atoms with Crippen molar-refractivity contribution in [3.63, 3.8) is 0 Å². The molecule has 35 heavy (non-hydrogen) atoms. The van der Waals surface area contributed by atoms with Gasteiger partial charge in [-0.05, 0) is 37.0 Å². The number of aryl methyl sites for hydroxylation is 1. The van der Waals surface area contributed by atoms with Gasteiger partial charge in [0.25, 0.3) is 5.56 Å². The zero-order valence-corrected chi connectivity index (χ0v) is 21.1. The first-order valence-electron chi connectivity index (χ1n) is 12.7. The second kappa shape index (κ2) is 9.38. The molecule has 1 fully saturated rings. The standard InChI is InChI=1S/C27H34N6O2/c1-5-21-16-33(23-14-26(34)30(4)24-17-31(11-10-28)29-27(23)24)22(6-2)15-32(21)18(3)19-7-8-25-20(13-19)9-12-35-25/h7-8,13-14,17-18,21-22H,5-6,9,11-12,15-16H2,1-4H3/t18?,21-,22+/m1/s1. The number of benzene rings is 1. The maximum atomic E-state index is 12.9. The molecule has 1 saturated heterocycles. The molecule has 0 radical (unpaired) electrons. The Morgan fingerprint density at radius 3 is 2.74 bits per heavy atom. The van der Waals surface area contributed by atoms with E-state index in [9.17, 15) is 4.79 Å². The van der Waals surface area contributed by atoms with E-state index < -0.39 is 0 Å². The fourth-order valence-electron chi connectivity index (χ4n) is 5.72. The van der Waals surface area contributed by atoms with E-state index in [-0.39, 0.29) is 18.1 Å². The van der Waals surface area contributed by atoms with Gasteiger partial charge in [0.2, 0.25) is 0 Å². The Hall–Kier alpha value is -3.31. The van der Waals surface area contributed by atoms with Crippen molar-refractivity contribution in [3.05, 3.63) is 51.9 Å². The van der Waals surface area contributed by atoms with Crippen LogP contribution < -0.4 is 15.2 Å². The van der Waals surface area contributed by atoms with Crippen molar-refractivity contribution in [2.24, 2.45) is 7.05 Å². The molecule has 0 N–H and O–H groups in total. The van der Waals surface area contributed by atoms with Gasteiger partial charge < -0.3 is 14.2 Å². The van der Waals surface area contributed by atoms with Gasteiger partial charge in [0.05, 0.1) is 30.1 Å². The molecule has 2 aliphatic heterocycles. The monoisotopic (exact) mass is 474 g/mol. The van der Waals surface area contributed by atoms with Gasteiger partial charge in [-0.25, -0.2) is 0 Å². The number of ether oxygens (including phenoxy) is 1. The van der Waals surface area contributed by atoms with E-state index in [1.165, 1.54) is 11.1 Å². The van der Waals surface area contributed by atoms with Gasteiger partial charge in [0.1, 0.15) is 17.8 Å². The molecule has 0 saturated carbocycles. The lowest BCUT2D eigenvalue weighted by Crippen LogP contribution is -2.58. The molecule has 184 valence electrons. The van der Waals surface area contributed by atoms with Gasteiger partial charge in [0.15, 0.2) is 0 Å². The maximum Gasteiger partial charge on any atom is 0.252 e. The van der Waals surface area contributed by atoms with Gasteiger partial charge >= 0.3 is 0 Å². The molecule has 8 nitrogen and oxygen atoms in total. The Balaban J connectivity index is 1.49. The van der Waals surface area contributed by atoms with Crippen molar-refractivity contribution in [3.8, 4) is 11.8 Å². The van der Waals surface area contributed by atoms with Crippen LogP contribution in [0, 0.1) is 11.3 Å². The normalized spacial score (nSPS) is 21.1. The van der Waals surface area contributed by atoms with Gasteiger partial charge in [-0.1, -0.05) is 26.0 Å². The Bertz CT molecular complexity index is 1340. The maximum absolute atomic E-state index is 12.9. The van der Waals surface area contributed by atoms with E-state index in [0.29, 0.717) is 12.1 Å². The summed E-state index contributed by atoms with van der Waals surface area (Å²) in [6.45, 7) is 9.45. The van der Waals surface area contributed by atoms with Crippen LogP contribution in [0.25, 0.3) is 11.0 Å². The molecule has 1 unspecified atom stereocenters. The number of piperazine rings is 1. The molecule has 5 rings (SSSR count). The zero-order valence-electron chi connectivity index (χ0n) is 21.1. The Morgan fingerprint density at radius 1 is 1.20 bits per heavy atom. The van der Waals surface area contributed by atoms with Gasteiger partial charge in [-0.3, -0.25) is 14.4 Å². The number of nitriles is 1. The molecule has 4 heterocycles. The summed E-state index contributed by atoms with van der Waals surface area (Å²) in [5.74, 6) is 1.02. The number of hydrogen-bond acceptors (Lipinski definition) is 6. The number of nitrogens with zero attached hydrogens (tertiary/aromatic N) is 6. The van der Waals surface area contributed by atoms with E-state index >= 15 is 0 Å². The minimum absolute atomic E-state index is 0.0527. The van der Waals surface area contributed by atoms with Crippen LogP contribution >= 0.6 is 0 Å². The average Bonchev–Trinajstić information content (AvgIpc) is 3.52. The molecule has 8 heteroatoms. The highest BCUT2D eigenvalue weighted by molar-refractivity contribution is 5.88. The Kier molecular flexibility index (Phi) is 6.28. The molecule has 3 aromatic rings. The Labute approximate surface area is 206 Å². The van der Waals surface area contributed by atoms with E-state index in [4.69, 9.17) is 15.1 Å². The second-order valence-electron chi connectivity index (χ2n) is 9.76. The highest BCUT2D eigenvalue weighted by Gasteiger charge is 2.36. The first kappa shape index (κ1) is 23.4. The molecular formula is C27H34N6O2. The van der Waals surface area contributed by atoms with Crippen LogP contribution in [0.2, 0.25) is 0 Å². The fraction of sp³-hybridized carbons (Fsp3) is 0.519. The first-order valence-corrected chi connectivity index (χ1v) is 12.7. The zero-order chi connectivity index (χ0) is 24.7. The summed E-state index contributed by atoms with van der Waals surface area (Å²) in [5, 5.41) is 13.9. The van der Waals surface area contributed by atoms with Crippen LogP contribution in [0.1, 0.15) is 50.8 Å². The molecule has 1 aromatic carbocycles. The van der Waals surface area contributed by atoms with Crippen LogP contribution in [0.5, 0.6) is 5.75 Å². The third-order valence-electron chi connectivity index (χ3n) is 7.85. The molecule has 2 aliphatic rings. The van der Waals surface area contributed by atoms with Crippen molar-refractivity contribution in [2.75, 3.05) is 24.6 Å². The SMILES string of the molecule is CC[C@H]1CN(C(C)c2ccc3c(c2)CCO3)[C@H](CC)CN1c1cc(=O)n(C)c2cn(CC#N)nc12. The fourth-order valence-corrected chi connectivity index (χ4v) is 5.72. The van der Waals surface area contributed by atoms with E-state index in [0.717, 1.165) is 61.4 Å². The highest BCUT2D eigenvalue weighted by atomic mass is 16.5. The molecule has 2 aromatic heterocycles. The van der Waals surface area contributed by atoms with Crippen LogP contribution in [-0.4, -0.2) is 51.0 Å². The third kappa shape index (κ3) is 4.08. The minimum atomic E-state index is -0.0527. The van der Waals surface area contributed by atoms with Crippen molar-refractivity contribution in [1.82, 2.24) is 19.2 Å². The number of hydrogen-bond donors (Lipinski definition) is 0. The van der Waals surface area contributed by atoms with Gasteiger partial charge in [-0.15, -0.1) is 0 Å². The third-order valence-corrected chi connectivity index (χ3v) is 7.85. The van der Waals surface area contributed by atoms with Gasteiger partial charge in [-0.2, -0.15) is 10.4 Å². The minimum Gasteiger partial charge on any atom is -0.493 e. The summed E-state index contributed by atoms with van der Waals surface area (Å²) in [6, 6.07) is 11.4. The van der Waals surface area contributed by atoms with Crippen molar-refractivity contribution in [2.45, 2.75) is 64.7 Å². The lowest BCUT2D eigenvalue weighted by Gasteiger charge is -2.49. The molecule has 0 aliphatic carbocycles. The predicted octanol–water partition coefficient (Wildman–Crippen LogP) is 3.63. The first-order chi connectivity index (χ1) is 16.9. The van der Waals surface area contributed by atoms with Crippen LogP contribution in [-0.2, 0) is 20.0 Å². The lowest BCUT2D eigenvalue weighted by molar-refractivity contribution is 0.101. The average molecular weight is 475 g/mol. The summed E-state index contributed by atoms with van der Waals surface area (Å²) >= 11 is 0. The lowest BCUT2D eigenvalue weighted by atomic mass is 9.95. The Morgan fingerprint density at radius 2 is 2.00 bits per heavy atom. The molecular weight excluding hydrogens is 440 g/mol. The summed E-state index contributed by atoms with van der Waals surface area (Å²) in [5.41, 5.74) is 5.03. The van der Waals surface area contributed by atoms with E-state index in [1.54, 1.807) is 28.6 Å². The quantitative estimate of drug-likeness (QED) is 0.543. The van der Waals surface area contributed by atoms with Crippen molar-refractivity contribution < 1.29 is 4.74 Å². The van der Waals surface area contributed by atoms with Crippen LogP contribution in [0.4, 0.5) is 5.69 Å². The summed E-state index contributed by atoms with van der Waals surface area (Å²) in [4.78, 5) is 17.9.